The van der Waals surface area contributed by atoms with Gasteiger partial charge in [0.05, 0.1) is 0 Å². The Kier molecular flexibility index (Phi) is 1.63. The van der Waals surface area contributed by atoms with Gasteiger partial charge in [0, 0.05) is 36.4 Å². The number of aromatic nitrogens is 3. The van der Waals surface area contributed by atoms with Crippen molar-refractivity contribution in [1.29, 1.82) is 0 Å². The van der Waals surface area contributed by atoms with Crippen LogP contribution < -0.4 is 0 Å². The monoisotopic (exact) mass is 185 g/mol. The SMILES string of the molecule is c1cncc(-c2nccn2C2CC2)c1. The van der Waals surface area contributed by atoms with Crippen molar-refractivity contribution in [3.8, 4) is 11.4 Å². The molecule has 0 atom stereocenters. The van der Waals surface area contributed by atoms with E-state index in [-0.39, 0.29) is 0 Å². The number of nitrogens with zero attached hydrogens (tertiary/aromatic N) is 3. The molecule has 3 nitrogen and oxygen atoms in total. The number of hydrogen-bond acceptors (Lipinski definition) is 2. The van der Waals surface area contributed by atoms with Gasteiger partial charge in [0.1, 0.15) is 5.82 Å². The van der Waals surface area contributed by atoms with Crippen LogP contribution in [0.5, 0.6) is 0 Å². The molecule has 0 N–H and O–H groups in total. The highest BCUT2D eigenvalue weighted by Crippen LogP contribution is 2.37. The molecule has 3 rings (SSSR count). The molecule has 0 radical (unpaired) electrons. The third-order valence-corrected chi connectivity index (χ3v) is 2.53. The summed E-state index contributed by atoms with van der Waals surface area (Å²) in [5.41, 5.74) is 1.10. The van der Waals surface area contributed by atoms with Gasteiger partial charge in [0.25, 0.3) is 0 Å². The Morgan fingerprint density at radius 1 is 1.29 bits per heavy atom. The largest absolute Gasteiger partial charge is 0.328 e. The van der Waals surface area contributed by atoms with Crippen LogP contribution in [-0.2, 0) is 0 Å². The quantitative estimate of drug-likeness (QED) is 0.718. The second-order valence-corrected chi connectivity index (χ2v) is 3.63. The Morgan fingerprint density at radius 2 is 2.21 bits per heavy atom. The zero-order valence-corrected chi connectivity index (χ0v) is 7.80. The molecule has 14 heavy (non-hydrogen) atoms. The first kappa shape index (κ1) is 7.74. The molecule has 1 saturated carbocycles. The van der Waals surface area contributed by atoms with Gasteiger partial charge in [0.15, 0.2) is 0 Å². The molecule has 3 heteroatoms. The minimum Gasteiger partial charge on any atom is -0.328 e. The lowest BCUT2D eigenvalue weighted by Crippen LogP contribution is -1.95. The van der Waals surface area contributed by atoms with E-state index in [1.54, 1.807) is 6.20 Å². The Morgan fingerprint density at radius 3 is 2.93 bits per heavy atom. The van der Waals surface area contributed by atoms with Crippen LogP contribution in [0.2, 0.25) is 0 Å². The third-order valence-electron chi connectivity index (χ3n) is 2.53. The van der Waals surface area contributed by atoms with Gasteiger partial charge >= 0.3 is 0 Å². The summed E-state index contributed by atoms with van der Waals surface area (Å²) >= 11 is 0. The predicted octanol–water partition coefficient (Wildman–Crippen LogP) is 2.28. The number of hydrogen-bond donors (Lipinski definition) is 0. The van der Waals surface area contributed by atoms with E-state index in [0.29, 0.717) is 6.04 Å². The van der Waals surface area contributed by atoms with Gasteiger partial charge < -0.3 is 4.57 Å². The minimum atomic E-state index is 0.674. The fraction of sp³-hybridized carbons (Fsp3) is 0.273. The van der Waals surface area contributed by atoms with Crippen molar-refractivity contribution in [3.05, 3.63) is 36.9 Å². The van der Waals surface area contributed by atoms with E-state index in [1.165, 1.54) is 12.8 Å². The summed E-state index contributed by atoms with van der Waals surface area (Å²) in [6.45, 7) is 0. The molecule has 0 unspecified atom stereocenters. The fourth-order valence-electron chi connectivity index (χ4n) is 1.68. The highest BCUT2D eigenvalue weighted by atomic mass is 15.1. The lowest BCUT2D eigenvalue weighted by Gasteiger charge is -2.04. The molecule has 1 aliphatic rings. The minimum absolute atomic E-state index is 0.674. The summed E-state index contributed by atoms with van der Waals surface area (Å²) in [5.74, 6) is 1.04. The Bertz CT molecular complexity index is 429. The highest BCUT2D eigenvalue weighted by molar-refractivity contribution is 5.53. The molecule has 0 saturated heterocycles. The molecule has 0 spiro atoms. The molecule has 0 aliphatic heterocycles. The normalized spacial score (nSPS) is 15.7. The van der Waals surface area contributed by atoms with Crippen molar-refractivity contribution in [2.45, 2.75) is 18.9 Å². The van der Waals surface area contributed by atoms with E-state index in [1.807, 2.05) is 24.5 Å². The molecule has 1 fully saturated rings. The average molecular weight is 185 g/mol. The van der Waals surface area contributed by atoms with Crippen molar-refractivity contribution in [3.63, 3.8) is 0 Å². The van der Waals surface area contributed by atoms with Gasteiger partial charge in [-0.05, 0) is 25.0 Å². The van der Waals surface area contributed by atoms with Gasteiger partial charge in [-0.15, -0.1) is 0 Å². The van der Waals surface area contributed by atoms with Crippen LogP contribution in [0.25, 0.3) is 11.4 Å². The first-order valence-electron chi connectivity index (χ1n) is 4.88. The maximum Gasteiger partial charge on any atom is 0.141 e. The Labute approximate surface area is 82.4 Å². The van der Waals surface area contributed by atoms with Crippen LogP contribution in [0.1, 0.15) is 18.9 Å². The van der Waals surface area contributed by atoms with E-state index >= 15 is 0 Å². The predicted molar refractivity (Wildman–Crippen MR) is 53.7 cm³/mol. The number of imidazole rings is 1. The molecule has 70 valence electrons. The first-order chi connectivity index (χ1) is 6.95. The first-order valence-corrected chi connectivity index (χ1v) is 4.88. The van der Waals surface area contributed by atoms with Crippen LogP contribution in [-0.4, -0.2) is 14.5 Å². The summed E-state index contributed by atoms with van der Waals surface area (Å²) in [7, 11) is 0. The third kappa shape index (κ3) is 1.21. The van der Waals surface area contributed by atoms with Gasteiger partial charge in [-0.1, -0.05) is 0 Å². The van der Waals surface area contributed by atoms with E-state index in [0.717, 1.165) is 11.4 Å². The standard InChI is InChI=1S/C11H11N3/c1-2-9(8-12-5-1)11-13-6-7-14(11)10-3-4-10/h1-2,5-8,10H,3-4H2. The van der Waals surface area contributed by atoms with E-state index < -0.39 is 0 Å². The van der Waals surface area contributed by atoms with Gasteiger partial charge in [-0.2, -0.15) is 0 Å². The highest BCUT2D eigenvalue weighted by Gasteiger charge is 2.25. The van der Waals surface area contributed by atoms with Gasteiger partial charge in [0.2, 0.25) is 0 Å². The summed E-state index contributed by atoms with van der Waals surface area (Å²) < 4.78 is 2.25. The summed E-state index contributed by atoms with van der Waals surface area (Å²) in [5, 5.41) is 0. The summed E-state index contributed by atoms with van der Waals surface area (Å²) in [6.07, 6.45) is 10.1. The molecular formula is C11H11N3. The Balaban J connectivity index is 2.07. The van der Waals surface area contributed by atoms with Crippen LogP contribution in [0.15, 0.2) is 36.9 Å². The number of pyridine rings is 1. The van der Waals surface area contributed by atoms with Crippen LogP contribution in [0.3, 0.4) is 0 Å². The summed E-state index contributed by atoms with van der Waals surface area (Å²) in [6, 6.07) is 4.67. The van der Waals surface area contributed by atoms with Crippen LogP contribution >= 0.6 is 0 Å². The van der Waals surface area contributed by atoms with E-state index in [9.17, 15) is 0 Å². The zero-order chi connectivity index (χ0) is 9.38. The maximum absolute atomic E-state index is 4.37. The van der Waals surface area contributed by atoms with Crippen molar-refractivity contribution in [1.82, 2.24) is 14.5 Å². The van der Waals surface area contributed by atoms with Crippen molar-refractivity contribution < 1.29 is 0 Å². The van der Waals surface area contributed by atoms with Crippen molar-refractivity contribution >= 4 is 0 Å². The fourth-order valence-corrected chi connectivity index (χ4v) is 1.68. The Hall–Kier alpha value is -1.64. The maximum atomic E-state index is 4.37. The molecule has 2 aromatic heterocycles. The molecular weight excluding hydrogens is 174 g/mol. The lowest BCUT2D eigenvalue weighted by molar-refractivity contribution is 0.749. The average Bonchev–Trinajstić information content (AvgIpc) is 2.98. The molecule has 0 aromatic carbocycles. The zero-order valence-electron chi connectivity index (χ0n) is 7.80. The smallest absolute Gasteiger partial charge is 0.141 e. The lowest BCUT2D eigenvalue weighted by atomic mass is 10.3. The van der Waals surface area contributed by atoms with Gasteiger partial charge in [-0.25, -0.2) is 4.98 Å². The van der Waals surface area contributed by atoms with Crippen LogP contribution in [0.4, 0.5) is 0 Å². The molecule has 0 amide bonds. The van der Waals surface area contributed by atoms with Crippen molar-refractivity contribution in [2.75, 3.05) is 0 Å². The number of rotatable bonds is 2. The molecule has 2 heterocycles. The topological polar surface area (TPSA) is 30.7 Å². The molecule has 0 bridgehead atoms. The second-order valence-electron chi connectivity index (χ2n) is 3.63. The summed E-state index contributed by atoms with van der Waals surface area (Å²) in [4.78, 5) is 8.48. The molecule has 2 aromatic rings. The molecule has 1 aliphatic carbocycles. The van der Waals surface area contributed by atoms with Gasteiger partial charge in [-0.3, -0.25) is 4.98 Å². The second kappa shape index (κ2) is 2.94. The van der Waals surface area contributed by atoms with E-state index in [2.05, 4.69) is 20.7 Å². The van der Waals surface area contributed by atoms with Crippen LogP contribution in [0, 0.1) is 0 Å². The van der Waals surface area contributed by atoms with Crippen molar-refractivity contribution in [2.24, 2.45) is 0 Å². The van der Waals surface area contributed by atoms with E-state index in [4.69, 9.17) is 0 Å².